The zero-order chi connectivity index (χ0) is 37.0. The largest absolute Gasteiger partial charge is 0.456 e. The number of fused-ring (bicyclic) bond motifs is 10. The lowest BCUT2D eigenvalue weighted by Gasteiger charge is -2.26. The predicted octanol–water partition coefficient (Wildman–Crippen LogP) is 15.5. The quantitative estimate of drug-likeness (QED) is 0.160. The highest BCUT2D eigenvalue weighted by Crippen LogP contribution is 2.45. The molecular formula is C54H35NO. The summed E-state index contributed by atoms with van der Waals surface area (Å²) < 4.78 is 6.36. The van der Waals surface area contributed by atoms with E-state index in [2.05, 4.69) is 211 Å². The lowest BCUT2D eigenvalue weighted by molar-refractivity contribution is 0.669. The standard InChI is InChI=1S/C54H35NO/c1-3-12-36(13-4-1)38-22-28-41(29-23-38)55(42-30-24-39(25-31-42)37-14-5-2-6-15-37)43-32-26-40(27-33-43)44-19-11-20-46-48-34-35-51-54(49-18-9-10-21-50(49)56-51)53(48)47-17-8-7-16-45(47)52(44)46/h1-35H. The van der Waals surface area contributed by atoms with Crippen LogP contribution in [0.1, 0.15) is 0 Å². The molecule has 0 amide bonds. The Labute approximate surface area is 325 Å². The fourth-order valence-corrected chi connectivity index (χ4v) is 8.65. The Morgan fingerprint density at radius 3 is 1.25 bits per heavy atom. The number of rotatable bonds is 6. The number of hydrogen-bond acceptors (Lipinski definition) is 2. The molecule has 262 valence electrons. The third kappa shape index (κ3) is 5.26. The van der Waals surface area contributed by atoms with E-state index in [9.17, 15) is 0 Å². The number of anilines is 3. The first-order valence-corrected chi connectivity index (χ1v) is 19.2. The van der Waals surface area contributed by atoms with Gasteiger partial charge >= 0.3 is 0 Å². The van der Waals surface area contributed by atoms with Crippen molar-refractivity contribution < 1.29 is 4.42 Å². The van der Waals surface area contributed by atoms with Crippen molar-refractivity contribution in [1.29, 1.82) is 0 Å². The first kappa shape index (κ1) is 32.0. The van der Waals surface area contributed by atoms with Crippen LogP contribution in [0.2, 0.25) is 0 Å². The Bertz CT molecular complexity index is 3090. The lowest BCUT2D eigenvalue weighted by atomic mass is 9.88. The van der Waals surface area contributed by atoms with E-state index in [0.29, 0.717) is 0 Å². The van der Waals surface area contributed by atoms with Crippen LogP contribution in [0.15, 0.2) is 217 Å². The maximum absolute atomic E-state index is 6.36. The molecule has 11 rings (SSSR count). The van der Waals surface area contributed by atoms with Gasteiger partial charge in [-0.2, -0.15) is 0 Å². The van der Waals surface area contributed by atoms with Gasteiger partial charge in [0.1, 0.15) is 11.2 Å². The molecule has 0 aliphatic heterocycles. The van der Waals surface area contributed by atoms with Crippen molar-refractivity contribution >= 4 is 71.3 Å². The van der Waals surface area contributed by atoms with Crippen LogP contribution in [0.25, 0.3) is 87.6 Å². The average molecular weight is 714 g/mol. The number of para-hydroxylation sites is 1. The summed E-state index contributed by atoms with van der Waals surface area (Å²) in [7, 11) is 0. The van der Waals surface area contributed by atoms with Crippen molar-refractivity contribution in [2.24, 2.45) is 0 Å². The van der Waals surface area contributed by atoms with E-state index < -0.39 is 0 Å². The molecule has 0 atom stereocenters. The van der Waals surface area contributed by atoms with Crippen molar-refractivity contribution in [1.82, 2.24) is 0 Å². The van der Waals surface area contributed by atoms with Crippen LogP contribution in [-0.4, -0.2) is 0 Å². The Morgan fingerprint density at radius 2 is 0.679 bits per heavy atom. The van der Waals surface area contributed by atoms with E-state index >= 15 is 0 Å². The van der Waals surface area contributed by atoms with Crippen molar-refractivity contribution in [3.63, 3.8) is 0 Å². The second-order valence-electron chi connectivity index (χ2n) is 14.4. The molecule has 1 aromatic heterocycles. The molecule has 0 aliphatic rings. The van der Waals surface area contributed by atoms with Crippen LogP contribution in [0.3, 0.4) is 0 Å². The van der Waals surface area contributed by atoms with Gasteiger partial charge in [0.05, 0.1) is 0 Å². The fourth-order valence-electron chi connectivity index (χ4n) is 8.65. The summed E-state index contributed by atoms with van der Waals surface area (Å²) in [6.45, 7) is 0. The highest BCUT2D eigenvalue weighted by atomic mass is 16.3. The number of benzene rings is 10. The highest BCUT2D eigenvalue weighted by Gasteiger charge is 2.19. The molecular weight excluding hydrogens is 679 g/mol. The van der Waals surface area contributed by atoms with Crippen molar-refractivity contribution in [2.45, 2.75) is 0 Å². The van der Waals surface area contributed by atoms with Gasteiger partial charge in [0.15, 0.2) is 0 Å². The zero-order valence-corrected chi connectivity index (χ0v) is 30.6. The van der Waals surface area contributed by atoms with Gasteiger partial charge in [-0.1, -0.05) is 158 Å². The first-order valence-electron chi connectivity index (χ1n) is 19.2. The molecule has 0 bridgehead atoms. The van der Waals surface area contributed by atoms with Gasteiger partial charge in [-0.3, -0.25) is 0 Å². The van der Waals surface area contributed by atoms with Gasteiger partial charge in [0, 0.05) is 33.2 Å². The maximum atomic E-state index is 6.36. The molecule has 0 saturated carbocycles. The molecule has 0 aliphatic carbocycles. The van der Waals surface area contributed by atoms with Crippen LogP contribution in [-0.2, 0) is 0 Å². The molecule has 2 heteroatoms. The molecule has 0 spiro atoms. The van der Waals surface area contributed by atoms with E-state index in [1.165, 1.54) is 71.1 Å². The lowest BCUT2D eigenvalue weighted by Crippen LogP contribution is -2.09. The van der Waals surface area contributed by atoms with Crippen molar-refractivity contribution in [2.75, 3.05) is 4.90 Å². The van der Waals surface area contributed by atoms with Gasteiger partial charge in [-0.05, 0) is 115 Å². The second-order valence-corrected chi connectivity index (χ2v) is 14.4. The summed E-state index contributed by atoms with van der Waals surface area (Å²) in [5.74, 6) is 0. The predicted molar refractivity (Wildman–Crippen MR) is 237 cm³/mol. The molecule has 0 fully saturated rings. The minimum Gasteiger partial charge on any atom is -0.456 e. The smallest absolute Gasteiger partial charge is 0.136 e. The summed E-state index contributed by atoms with van der Waals surface area (Å²) >= 11 is 0. The maximum Gasteiger partial charge on any atom is 0.136 e. The number of furan rings is 1. The fraction of sp³-hybridized carbons (Fsp3) is 0. The topological polar surface area (TPSA) is 16.4 Å². The molecule has 1 heterocycles. The van der Waals surface area contributed by atoms with Gasteiger partial charge in [0.2, 0.25) is 0 Å². The monoisotopic (exact) mass is 713 g/mol. The van der Waals surface area contributed by atoms with Gasteiger partial charge in [-0.25, -0.2) is 0 Å². The minimum absolute atomic E-state index is 0.918. The summed E-state index contributed by atoms with van der Waals surface area (Å²) in [6.07, 6.45) is 0. The highest BCUT2D eigenvalue weighted by molar-refractivity contribution is 6.36. The van der Waals surface area contributed by atoms with Crippen LogP contribution in [0, 0.1) is 0 Å². The molecule has 0 radical (unpaired) electrons. The van der Waals surface area contributed by atoms with Gasteiger partial charge < -0.3 is 9.32 Å². The molecule has 0 saturated heterocycles. The summed E-state index contributed by atoms with van der Waals surface area (Å²) in [5.41, 5.74) is 12.3. The second kappa shape index (κ2) is 13.2. The van der Waals surface area contributed by atoms with Gasteiger partial charge in [0.25, 0.3) is 0 Å². The van der Waals surface area contributed by atoms with Gasteiger partial charge in [-0.15, -0.1) is 0 Å². The van der Waals surface area contributed by atoms with Crippen molar-refractivity contribution in [3.05, 3.63) is 212 Å². The average Bonchev–Trinajstić information content (AvgIpc) is 3.67. The van der Waals surface area contributed by atoms with Crippen molar-refractivity contribution in [3.8, 4) is 33.4 Å². The Hall–Kier alpha value is -7.42. The Balaban J connectivity index is 1.05. The molecule has 10 aromatic carbocycles. The first-order chi connectivity index (χ1) is 27.8. The van der Waals surface area contributed by atoms with Crippen LogP contribution < -0.4 is 4.90 Å². The van der Waals surface area contributed by atoms with E-state index in [1.54, 1.807) is 0 Å². The number of hydrogen-bond donors (Lipinski definition) is 0. The third-order valence-corrected chi connectivity index (χ3v) is 11.3. The van der Waals surface area contributed by atoms with E-state index in [0.717, 1.165) is 33.6 Å². The van der Waals surface area contributed by atoms with Crippen LogP contribution in [0.4, 0.5) is 17.1 Å². The SMILES string of the molecule is c1ccc(-c2ccc(N(c3ccc(-c4ccccc4)cc3)c3ccc(-c4cccc5c6ccc7oc8ccccc8c7c6c6ccccc6c45)cc3)cc2)cc1. The molecule has 2 nitrogen and oxygen atoms in total. The molecule has 0 unspecified atom stereocenters. The van der Waals surface area contributed by atoms with E-state index in [1.807, 2.05) is 6.07 Å². The normalized spacial score (nSPS) is 11.6. The third-order valence-electron chi connectivity index (χ3n) is 11.3. The van der Waals surface area contributed by atoms with Crippen LogP contribution in [0.5, 0.6) is 0 Å². The summed E-state index contributed by atoms with van der Waals surface area (Å²) in [4.78, 5) is 2.35. The zero-order valence-electron chi connectivity index (χ0n) is 30.6. The molecule has 56 heavy (non-hydrogen) atoms. The summed E-state index contributed by atoms with van der Waals surface area (Å²) in [5, 5.41) is 9.80. The molecule has 0 N–H and O–H groups in total. The van der Waals surface area contributed by atoms with E-state index in [-0.39, 0.29) is 0 Å². The summed E-state index contributed by atoms with van der Waals surface area (Å²) in [6, 6.07) is 76.3. The minimum atomic E-state index is 0.918. The Morgan fingerprint density at radius 1 is 0.250 bits per heavy atom. The Kier molecular flexibility index (Phi) is 7.53. The van der Waals surface area contributed by atoms with Crippen LogP contribution >= 0.6 is 0 Å². The van der Waals surface area contributed by atoms with E-state index in [4.69, 9.17) is 4.42 Å². The molecule has 11 aromatic rings. The number of nitrogens with zero attached hydrogens (tertiary/aromatic N) is 1.